The molecule has 1 aromatic rings. The van der Waals surface area contributed by atoms with Crippen molar-refractivity contribution in [3.63, 3.8) is 0 Å². The van der Waals surface area contributed by atoms with Crippen LogP contribution < -0.4 is 0 Å². The smallest absolute Gasteiger partial charge is 0.323 e. The highest BCUT2D eigenvalue weighted by atomic mass is 32.2. The van der Waals surface area contributed by atoms with Gasteiger partial charge in [-0.3, -0.25) is 4.79 Å². The molecule has 1 aliphatic rings. The Morgan fingerprint density at radius 3 is 2.38 bits per heavy atom. The van der Waals surface area contributed by atoms with Gasteiger partial charge in [0.15, 0.2) is 0 Å². The van der Waals surface area contributed by atoms with Gasteiger partial charge in [0.2, 0.25) is 10.0 Å². The molecule has 0 aromatic heterocycles. The van der Waals surface area contributed by atoms with Crippen LogP contribution >= 0.6 is 11.8 Å². The molecule has 2 rings (SSSR count). The van der Waals surface area contributed by atoms with E-state index in [1.807, 2.05) is 13.8 Å². The number of thioether (sulfide) groups is 1. The Balaban J connectivity index is 2.50. The Bertz CT molecular complexity index is 698. The second-order valence-corrected chi connectivity index (χ2v) is 10.4. The van der Waals surface area contributed by atoms with Crippen molar-refractivity contribution in [2.24, 2.45) is 0 Å². The van der Waals surface area contributed by atoms with Crippen molar-refractivity contribution in [3.05, 3.63) is 29.8 Å². The topological polar surface area (TPSA) is 74.7 Å². The fraction of sp³-hybridized carbons (Fsp3) is 0.588. The number of nitrogens with zero attached hydrogens (tertiary/aromatic N) is 1. The summed E-state index contributed by atoms with van der Waals surface area (Å²) < 4.78 is 26.9. The van der Waals surface area contributed by atoms with Crippen LogP contribution in [0, 0.1) is 6.92 Å². The molecule has 1 aliphatic heterocycles. The van der Waals surface area contributed by atoms with Gasteiger partial charge in [0.1, 0.15) is 6.04 Å². The van der Waals surface area contributed by atoms with E-state index >= 15 is 0 Å². The Hall–Kier alpha value is -1.05. The third-order valence-electron chi connectivity index (χ3n) is 4.27. The minimum atomic E-state index is -3.87. The van der Waals surface area contributed by atoms with Crippen molar-refractivity contribution in [1.82, 2.24) is 4.31 Å². The second kappa shape index (κ2) is 7.06. The maximum Gasteiger partial charge on any atom is 0.323 e. The van der Waals surface area contributed by atoms with Crippen LogP contribution in [0.2, 0.25) is 0 Å². The number of sulfonamides is 1. The predicted molar refractivity (Wildman–Crippen MR) is 96.6 cm³/mol. The fourth-order valence-electron chi connectivity index (χ4n) is 3.04. The molecule has 24 heavy (non-hydrogen) atoms. The minimum Gasteiger partial charge on any atom is -0.480 e. The van der Waals surface area contributed by atoms with Gasteiger partial charge in [-0.1, -0.05) is 37.5 Å². The van der Waals surface area contributed by atoms with Gasteiger partial charge in [-0.2, -0.15) is 4.31 Å². The SMILES string of the molecule is CCCCC1SC(C)(C)C(C(=O)O)N1S(=O)(=O)c1ccc(C)cc1. The molecule has 1 heterocycles. The van der Waals surface area contributed by atoms with Gasteiger partial charge in [0.25, 0.3) is 0 Å². The first-order valence-electron chi connectivity index (χ1n) is 8.12. The molecule has 134 valence electrons. The second-order valence-electron chi connectivity index (χ2n) is 6.71. The maximum absolute atomic E-state index is 13.2. The molecular weight excluding hydrogens is 346 g/mol. The van der Waals surface area contributed by atoms with Crippen LogP contribution in [0.4, 0.5) is 0 Å². The zero-order valence-corrected chi connectivity index (χ0v) is 16.2. The van der Waals surface area contributed by atoms with Crippen LogP contribution in [0.3, 0.4) is 0 Å². The summed E-state index contributed by atoms with van der Waals surface area (Å²) >= 11 is 1.44. The monoisotopic (exact) mass is 371 g/mol. The van der Waals surface area contributed by atoms with Crippen molar-refractivity contribution < 1.29 is 18.3 Å². The number of carboxylic acids is 1. The summed E-state index contributed by atoms with van der Waals surface area (Å²) in [6, 6.07) is 5.50. The molecule has 0 amide bonds. The summed E-state index contributed by atoms with van der Waals surface area (Å²) in [6.45, 7) is 7.54. The number of aryl methyl sites for hydroxylation is 1. The molecule has 0 saturated carbocycles. The Morgan fingerprint density at radius 2 is 1.88 bits per heavy atom. The van der Waals surface area contributed by atoms with Gasteiger partial charge < -0.3 is 5.11 Å². The van der Waals surface area contributed by atoms with Crippen LogP contribution in [0.15, 0.2) is 29.2 Å². The Kier molecular flexibility index (Phi) is 5.67. The summed E-state index contributed by atoms with van der Waals surface area (Å²) in [4.78, 5) is 12.0. The van der Waals surface area contributed by atoms with E-state index in [4.69, 9.17) is 0 Å². The van der Waals surface area contributed by atoms with E-state index < -0.39 is 26.8 Å². The van der Waals surface area contributed by atoms with Gasteiger partial charge in [0.05, 0.1) is 10.3 Å². The van der Waals surface area contributed by atoms with E-state index in [1.165, 1.54) is 16.1 Å². The third kappa shape index (κ3) is 3.63. The van der Waals surface area contributed by atoms with Crippen LogP contribution in [0.5, 0.6) is 0 Å². The van der Waals surface area contributed by atoms with E-state index in [-0.39, 0.29) is 10.3 Å². The highest BCUT2D eigenvalue weighted by Crippen LogP contribution is 2.48. The number of aliphatic carboxylic acids is 1. The highest BCUT2D eigenvalue weighted by Gasteiger charge is 2.55. The summed E-state index contributed by atoms with van der Waals surface area (Å²) in [5.41, 5.74) is 0.961. The molecular formula is C17H25NO4S2. The highest BCUT2D eigenvalue weighted by molar-refractivity contribution is 8.02. The lowest BCUT2D eigenvalue weighted by atomic mass is 10.0. The number of unbranched alkanes of at least 4 members (excludes halogenated alkanes) is 1. The van der Waals surface area contributed by atoms with E-state index in [2.05, 4.69) is 0 Å². The van der Waals surface area contributed by atoms with Gasteiger partial charge in [-0.25, -0.2) is 8.42 Å². The zero-order chi connectivity index (χ0) is 18.1. The first kappa shape index (κ1) is 19.3. The van der Waals surface area contributed by atoms with E-state index in [1.54, 1.807) is 38.1 Å². The summed E-state index contributed by atoms with van der Waals surface area (Å²) in [6.07, 6.45) is 2.45. The van der Waals surface area contributed by atoms with Gasteiger partial charge in [-0.05, 0) is 39.3 Å². The molecule has 1 N–H and O–H groups in total. The van der Waals surface area contributed by atoms with Crippen molar-refractivity contribution >= 4 is 27.8 Å². The average Bonchev–Trinajstić information content (AvgIpc) is 2.77. The molecule has 7 heteroatoms. The van der Waals surface area contributed by atoms with Crippen LogP contribution in [0.1, 0.15) is 45.6 Å². The summed E-state index contributed by atoms with van der Waals surface area (Å²) in [7, 11) is -3.87. The number of hydrogen-bond donors (Lipinski definition) is 1. The molecule has 2 unspecified atom stereocenters. The molecule has 1 saturated heterocycles. The lowest BCUT2D eigenvalue weighted by Gasteiger charge is -2.29. The van der Waals surface area contributed by atoms with Crippen LogP contribution in [-0.4, -0.2) is 40.0 Å². The first-order chi connectivity index (χ1) is 11.1. The molecule has 0 bridgehead atoms. The summed E-state index contributed by atoms with van der Waals surface area (Å²) in [5, 5.41) is 9.34. The minimum absolute atomic E-state index is 0.152. The normalized spacial score (nSPS) is 24.2. The first-order valence-corrected chi connectivity index (χ1v) is 10.4. The largest absolute Gasteiger partial charge is 0.480 e. The van der Waals surface area contributed by atoms with E-state index in [9.17, 15) is 18.3 Å². The fourth-order valence-corrected chi connectivity index (χ4v) is 6.90. The zero-order valence-electron chi connectivity index (χ0n) is 14.5. The average molecular weight is 372 g/mol. The number of rotatable bonds is 6. The number of carboxylic acid groups (broad SMARTS) is 1. The predicted octanol–water partition coefficient (Wildman–Crippen LogP) is 3.48. The lowest BCUT2D eigenvalue weighted by Crippen LogP contribution is -2.50. The Morgan fingerprint density at radius 1 is 1.29 bits per heavy atom. The Labute approximate surface area is 148 Å². The molecule has 0 radical (unpaired) electrons. The van der Waals surface area contributed by atoms with Crippen molar-refractivity contribution in [3.8, 4) is 0 Å². The number of benzene rings is 1. The van der Waals surface area contributed by atoms with Crippen molar-refractivity contribution in [1.29, 1.82) is 0 Å². The standard InChI is InChI=1S/C17H25NO4S2/c1-5-6-7-14-18(15(16(19)20)17(3,4)23-14)24(21,22)13-10-8-12(2)9-11-13/h8-11,14-15H,5-7H2,1-4H3,(H,19,20). The van der Waals surface area contributed by atoms with Gasteiger partial charge >= 0.3 is 5.97 Å². The van der Waals surface area contributed by atoms with Crippen molar-refractivity contribution in [2.45, 2.75) is 68.0 Å². The molecule has 5 nitrogen and oxygen atoms in total. The van der Waals surface area contributed by atoms with E-state index in [0.717, 1.165) is 18.4 Å². The van der Waals surface area contributed by atoms with Crippen LogP contribution in [-0.2, 0) is 14.8 Å². The number of hydrogen-bond acceptors (Lipinski definition) is 4. The van der Waals surface area contributed by atoms with E-state index in [0.29, 0.717) is 6.42 Å². The van der Waals surface area contributed by atoms with Gasteiger partial charge in [0, 0.05) is 4.75 Å². The van der Waals surface area contributed by atoms with Gasteiger partial charge in [-0.15, -0.1) is 11.8 Å². The lowest BCUT2D eigenvalue weighted by molar-refractivity contribution is -0.142. The summed E-state index contributed by atoms with van der Waals surface area (Å²) in [5.74, 6) is -1.10. The molecule has 0 spiro atoms. The number of carbonyl (C=O) groups is 1. The molecule has 2 atom stereocenters. The third-order valence-corrected chi connectivity index (χ3v) is 7.86. The maximum atomic E-state index is 13.2. The van der Waals surface area contributed by atoms with Crippen LogP contribution in [0.25, 0.3) is 0 Å². The molecule has 1 aromatic carbocycles. The van der Waals surface area contributed by atoms with Crippen molar-refractivity contribution in [2.75, 3.05) is 0 Å². The molecule has 1 fully saturated rings. The molecule has 0 aliphatic carbocycles. The quantitative estimate of drug-likeness (QED) is 0.828.